The number of oxazole rings is 1. The van der Waals surface area contributed by atoms with Gasteiger partial charge in [0, 0.05) is 13.2 Å². The van der Waals surface area contributed by atoms with Crippen LogP contribution in [0.1, 0.15) is 24.3 Å². The van der Waals surface area contributed by atoms with E-state index in [4.69, 9.17) is 18.3 Å². The van der Waals surface area contributed by atoms with Gasteiger partial charge in [0.05, 0.1) is 6.10 Å². The smallest absolute Gasteiger partial charge is 0.266 e. The second-order valence-electron chi connectivity index (χ2n) is 7.39. The number of aromatic nitrogens is 1. The van der Waals surface area contributed by atoms with Crippen LogP contribution in [0, 0.1) is 11.3 Å². The monoisotopic (exact) mass is 415 g/mol. The van der Waals surface area contributed by atoms with Crippen molar-refractivity contribution in [3.8, 4) is 23.5 Å². The van der Waals surface area contributed by atoms with Gasteiger partial charge in [-0.2, -0.15) is 10.2 Å². The van der Waals surface area contributed by atoms with Crippen LogP contribution in [0.5, 0.6) is 5.75 Å². The minimum absolute atomic E-state index is 0.127. The van der Waals surface area contributed by atoms with E-state index in [0.717, 1.165) is 36.0 Å². The van der Waals surface area contributed by atoms with E-state index in [1.54, 1.807) is 6.07 Å². The average Bonchev–Trinajstić information content (AvgIpc) is 3.56. The van der Waals surface area contributed by atoms with Crippen LogP contribution in [-0.4, -0.2) is 24.2 Å². The Balaban J connectivity index is 1.25. The molecule has 1 aliphatic rings. The molecule has 0 spiro atoms. The first kappa shape index (κ1) is 19.2. The summed E-state index contributed by atoms with van der Waals surface area (Å²) in [5, 5.41) is 14.8. The maximum Gasteiger partial charge on any atom is 0.266 e. The van der Waals surface area contributed by atoms with Gasteiger partial charge in [0.15, 0.2) is 5.76 Å². The van der Waals surface area contributed by atoms with Crippen LogP contribution in [0.25, 0.3) is 22.4 Å². The van der Waals surface area contributed by atoms with Crippen LogP contribution < -0.4 is 10.1 Å². The second-order valence-corrected chi connectivity index (χ2v) is 7.39. The SMILES string of the molecule is N#Cc1nc(-c2ccc(COc3ccc4ccccc4c3)o2)oc1NC[C@H]1CCCO1. The minimum Gasteiger partial charge on any atom is -0.486 e. The third-order valence-corrected chi connectivity index (χ3v) is 5.22. The summed E-state index contributed by atoms with van der Waals surface area (Å²) in [6.45, 7) is 1.62. The summed E-state index contributed by atoms with van der Waals surface area (Å²) in [6, 6.07) is 19.7. The quantitative estimate of drug-likeness (QED) is 0.447. The summed E-state index contributed by atoms with van der Waals surface area (Å²) < 4.78 is 23.0. The van der Waals surface area contributed by atoms with Crippen LogP contribution in [0.15, 0.2) is 63.4 Å². The van der Waals surface area contributed by atoms with E-state index in [2.05, 4.69) is 22.4 Å². The molecule has 7 nitrogen and oxygen atoms in total. The van der Waals surface area contributed by atoms with Crippen molar-refractivity contribution in [2.75, 3.05) is 18.5 Å². The topological polar surface area (TPSA) is 93.5 Å². The zero-order valence-corrected chi connectivity index (χ0v) is 16.8. The zero-order chi connectivity index (χ0) is 21.0. The molecule has 1 saturated heterocycles. The zero-order valence-electron chi connectivity index (χ0n) is 16.8. The number of furan rings is 1. The first-order valence-corrected chi connectivity index (χ1v) is 10.3. The van der Waals surface area contributed by atoms with E-state index in [0.29, 0.717) is 23.9 Å². The molecule has 0 amide bonds. The first-order valence-electron chi connectivity index (χ1n) is 10.3. The molecule has 3 heterocycles. The molecule has 0 aliphatic carbocycles. The molecule has 0 unspecified atom stereocenters. The maximum absolute atomic E-state index is 9.37. The van der Waals surface area contributed by atoms with Gasteiger partial charge in [0.25, 0.3) is 5.89 Å². The maximum atomic E-state index is 9.37. The number of ether oxygens (including phenoxy) is 2. The molecule has 0 bridgehead atoms. The summed E-state index contributed by atoms with van der Waals surface area (Å²) in [7, 11) is 0. The Hall–Kier alpha value is -3.76. The highest BCUT2D eigenvalue weighted by atomic mass is 16.5. The van der Waals surface area contributed by atoms with E-state index in [9.17, 15) is 5.26 Å². The Morgan fingerprint density at radius 3 is 2.84 bits per heavy atom. The van der Waals surface area contributed by atoms with E-state index >= 15 is 0 Å². The van der Waals surface area contributed by atoms with Gasteiger partial charge in [0.2, 0.25) is 11.6 Å². The van der Waals surface area contributed by atoms with Crippen molar-refractivity contribution in [1.29, 1.82) is 5.26 Å². The van der Waals surface area contributed by atoms with Gasteiger partial charge in [-0.05, 0) is 47.9 Å². The van der Waals surface area contributed by atoms with Crippen molar-refractivity contribution < 1.29 is 18.3 Å². The molecule has 156 valence electrons. The van der Waals surface area contributed by atoms with Crippen molar-refractivity contribution in [3.05, 3.63) is 66.1 Å². The molecule has 1 aliphatic heterocycles. The summed E-state index contributed by atoms with van der Waals surface area (Å²) in [4.78, 5) is 4.24. The first-order chi connectivity index (χ1) is 15.3. The van der Waals surface area contributed by atoms with Gasteiger partial charge in [-0.15, -0.1) is 0 Å². The second kappa shape index (κ2) is 8.54. The molecule has 31 heavy (non-hydrogen) atoms. The average molecular weight is 415 g/mol. The lowest BCUT2D eigenvalue weighted by molar-refractivity contribution is 0.120. The summed E-state index contributed by atoms with van der Waals surface area (Å²) in [5.74, 6) is 2.43. The number of fused-ring (bicyclic) bond motifs is 1. The molecular weight excluding hydrogens is 394 g/mol. The molecule has 2 aromatic heterocycles. The van der Waals surface area contributed by atoms with Crippen LogP contribution in [0.4, 0.5) is 5.88 Å². The van der Waals surface area contributed by atoms with Crippen molar-refractivity contribution in [1.82, 2.24) is 4.98 Å². The number of nitrogens with one attached hydrogen (secondary N) is 1. The van der Waals surface area contributed by atoms with Gasteiger partial charge in [-0.3, -0.25) is 0 Å². The number of benzene rings is 2. The van der Waals surface area contributed by atoms with E-state index in [1.807, 2.05) is 42.5 Å². The normalized spacial score (nSPS) is 15.8. The highest BCUT2D eigenvalue weighted by molar-refractivity contribution is 5.83. The van der Waals surface area contributed by atoms with Gasteiger partial charge >= 0.3 is 0 Å². The molecule has 1 atom stereocenters. The number of hydrogen-bond donors (Lipinski definition) is 1. The van der Waals surface area contributed by atoms with Crippen LogP contribution >= 0.6 is 0 Å². The molecule has 5 rings (SSSR count). The predicted octanol–water partition coefficient (Wildman–Crippen LogP) is 5.13. The Morgan fingerprint density at radius 1 is 1.10 bits per heavy atom. The van der Waals surface area contributed by atoms with Crippen LogP contribution in [0.3, 0.4) is 0 Å². The van der Waals surface area contributed by atoms with Crippen molar-refractivity contribution >= 4 is 16.7 Å². The fourth-order valence-electron chi connectivity index (χ4n) is 3.62. The lowest BCUT2D eigenvalue weighted by atomic mass is 10.1. The molecule has 0 radical (unpaired) electrons. The third kappa shape index (κ3) is 4.25. The van der Waals surface area contributed by atoms with Gasteiger partial charge < -0.3 is 23.6 Å². The van der Waals surface area contributed by atoms with E-state index in [-0.39, 0.29) is 24.3 Å². The highest BCUT2D eigenvalue weighted by Crippen LogP contribution is 2.28. The Labute approximate surface area is 179 Å². The van der Waals surface area contributed by atoms with Crippen LogP contribution in [-0.2, 0) is 11.3 Å². The van der Waals surface area contributed by atoms with Crippen LogP contribution in [0.2, 0.25) is 0 Å². The molecule has 1 fully saturated rings. The van der Waals surface area contributed by atoms with Gasteiger partial charge in [-0.25, -0.2) is 0 Å². The van der Waals surface area contributed by atoms with Crippen molar-refractivity contribution in [2.24, 2.45) is 0 Å². The molecule has 1 N–H and O–H groups in total. The van der Waals surface area contributed by atoms with E-state index < -0.39 is 0 Å². The number of hydrogen-bond acceptors (Lipinski definition) is 7. The number of anilines is 1. The lowest BCUT2D eigenvalue weighted by Crippen LogP contribution is -2.18. The molecule has 0 saturated carbocycles. The van der Waals surface area contributed by atoms with Gasteiger partial charge in [0.1, 0.15) is 24.2 Å². The summed E-state index contributed by atoms with van der Waals surface area (Å²) in [5.41, 5.74) is 0.193. The largest absolute Gasteiger partial charge is 0.486 e. The standard InChI is InChI=1S/C24H21N3O4/c25-13-21-23(26-14-19-6-3-11-28-19)31-24(27-21)22-10-9-20(30-22)15-29-18-8-7-16-4-1-2-5-17(16)12-18/h1-2,4-5,7-10,12,19,26H,3,6,11,14-15H2/t19-/m1/s1. The molecule has 4 aromatic rings. The number of rotatable bonds is 7. The fourth-order valence-corrected chi connectivity index (χ4v) is 3.62. The number of nitrogens with zero attached hydrogens (tertiary/aromatic N) is 2. The molecular formula is C24H21N3O4. The Kier molecular flexibility index (Phi) is 5.29. The Morgan fingerprint density at radius 2 is 2.00 bits per heavy atom. The van der Waals surface area contributed by atoms with Crippen molar-refractivity contribution in [2.45, 2.75) is 25.6 Å². The highest BCUT2D eigenvalue weighted by Gasteiger charge is 2.20. The third-order valence-electron chi connectivity index (χ3n) is 5.22. The predicted molar refractivity (Wildman–Crippen MR) is 115 cm³/mol. The molecule has 2 aromatic carbocycles. The van der Waals surface area contributed by atoms with E-state index in [1.165, 1.54) is 0 Å². The fraction of sp³-hybridized carbons (Fsp3) is 0.250. The van der Waals surface area contributed by atoms with Gasteiger partial charge in [-0.1, -0.05) is 30.3 Å². The summed E-state index contributed by atoms with van der Waals surface area (Å²) in [6.07, 6.45) is 2.17. The lowest BCUT2D eigenvalue weighted by Gasteiger charge is -2.09. The number of nitriles is 1. The van der Waals surface area contributed by atoms with Crippen molar-refractivity contribution in [3.63, 3.8) is 0 Å². The summed E-state index contributed by atoms with van der Waals surface area (Å²) >= 11 is 0. The Bertz CT molecular complexity index is 1230. The minimum atomic E-state index is 0.127. The molecule has 7 heteroatoms.